The molecule has 0 spiro atoms. The highest BCUT2D eigenvalue weighted by atomic mass is 16.6. The summed E-state index contributed by atoms with van der Waals surface area (Å²) in [7, 11) is 0. The Hall–Kier alpha value is -1.69. The van der Waals surface area contributed by atoms with Crippen molar-refractivity contribution in [2.75, 3.05) is 11.9 Å². The highest BCUT2D eigenvalue weighted by molar-refractivity contribution is 5.46. The maximum Gasteiger partial charge on any atom is 0.290 e. The third kappa shape index (κ3) is 4.17. The number of hydrogen-bond donors (Lipinski definition) is 2. The molecule has 0 aliphatic rings. The molecule has 19 heavy (non-hydrogen) atoms. The van der Waals surface area contributed by atoms with Crippen LogP contribution in [0.25, 0.3) is 0 Å². The summed E-state index contributed by atoms with van der Waals surface area (Å²) < 4.78 is 0. The molecule has 0 aliphatic heterocycles. The standard InChI is InChI=1S/C13H21N3O3/c1-4-10(5-2)12(17)8-15-13-6-9(3)11(7-14-13)16(18)19/h6-7,10,12,17H,4-5,8H2,1-3H3,(H,14,15). The van der Waals surface area contributed by atoms with Gasteiger partial charge in [-0.2, -0.15) is 0 Å². The van der Waals surface area contributed by atoms with Gasteiger partial charge in [0.25, 0.3) is 5.69 Å². The molecule has 0 saturated carbocycles. The highest BCUT2D eigenvalue weighted by Gasteiger charge is 2.16. The Morgan fingerprint density at radius 2 is 2.11 bits per heavy atom. The van der Waals surface area contributed by atoms with E-state index in [2.05, 4.69) is 10.3 Å². The van der Waals surface area contributed by atoms with Gasteiger partial charge in [0, 0.05) is 12.1 Å². The fourth-order valence-electron chi connectivity index (χ4n) is 2.05. The first kappa shape index (κ1) is 15.4. The van der Waals surface area contributed by atoms with Crippen LogP contribution in [0.3, 0.4) is 0 Å². The topological polar surface area (TPSA) is 88.3 Å². The van der Waals surface area contributed by atoms with E-state index in [-0.39, 0.29) is 11.6 Å². The minimum Gasteiger partial charge on any atom is -0.391 e. The zero-order chi connectivity index (χ0) is 14.4. The molecule has 0 saturated heterocycles. The molecule has 6 heteroatoms. The Morgan fingerprint density at radius 3 is 2.58 bits per heavy atom. The summed E-state index contributed by atoms with van der Waals surface area (Å²) in [6.07, 6.45) is 2.64. The Bertz CT molecular complexity index is 433. The van der Waals surface area contributed by atoms with Crippen LogP contribution in [0.1, 0.15) is 32.3 Å². The van der Waals surface area contributed by atoms with Gasteiger partial charge in [-0.1, -0.05) is 26.7 Å². The van der Waals surface area contributed by atoms with Gasteiger partial charge in [0.05, 0.1) is 11.0 Å². The second-order valence-corrected chi connectivity index (χ2v) is 4.64. The van der Waals surface area contributed by atoms with Gasteiger partial charge in [-0.3, -0.25) is 10.1 Å². The van der Waals surface area contributed by atoms with Crippen LogP contribution in [-0.4, -0.2) is 27.7 Å². The zero-order valence-corrected chi connectivity index (χ0v) is 11.6. The third-order valence-electron chi connectivity index (χ3n) is 3.37. The molecular weight excluding hydrogens is 246 g/mol. The molecular formula is C13H21N3O3. The van der Waals surface area contributed by atoms with Crippen molar-refractivity contribution in [2.45, 2.75) is 39.7 Å². The summed E-state index contributed by atoms with van der Waals surface area (Å²) in [5, 5.41) is 23.7. The zero-order valence-electron chi connectivity index (χ0n) is 11.6. The summed E-state index contributed by atoms with van der Waals surface area (Å²) in [5.41, 5.74) is 0.561. The summed E-state index contributed by atoms with van der Waals surface area (Å²) in [5.74, 6) is 0.805. The van der Waals surface area contributed by atoms with Crippen LogP contribution in [0, 0.1) is 23.0 Å². The molecule has 106 valence electrons. The summed E-state index contributed by atoms with van der Waals surface area (Å²) in [6.45, 7) is 6.16. The van der Waals surface area contributed by atoms with Gasteiger partial charge in [0.2, 0.25) is 0 Å². The van der Waals surface area contributed by atoms with Crippen molar-refractivity contribution >= 4 is 11.5 Å². The van der Waals surface area contributed by atoms with Crippen LogP contribution in [-0.2, 0) is 0 Å². The Balaban J connectivity index is 2.64. The molecule has 0 fully saturated rings. The van der Waals surface area contributed by atoms with E-state index in [4.69, 9.17) is 0 Å². The smallest absolute Gasteiger partial charge is 0.290 e. The fourth-order valence-corrected chi connectivity index (χ4v) is 2.05. The maximum absolute atomic E-state index is 10.7. The van der Waals surface area contributed by atoms with E-state index in [0.717, 1.165) is 12.8 Å². The Morgan fingerprint density at radius 1 is 1.47 bits per heavy atom. The number of hydrogen-bond acceptors (Lipinski definition) is 5. The molecule has 1 heterocycles. The molecule has 0 radical (unpaired) electrons. The van der Waals surface area contributed by atoms with Crippen LogP contribution in [0.15, 0.2) is 12.3 Å². The third-order valence-corrected chi connectivity index (χ3v) is 3.37. The number of aliphatic hydroxyl groups is 1. The predicted molar refractivity (Wildman–Crippen MR) is 74.2 cm³/mol. The second-order valence-electron chi connectivity index (χ2n) is 4.64. The van der Waals surface area contributed by atoms with Crippen molar-refractivity contribution in [3.63, 3.8) is 0 Å². The SMILES string of the molecule is CCC(CC)C(O)CNc1cc(C)c([N+](=O)[O-])cn1. The monoisotopic (exact) mass is 267 g/mol. The minimum atomic E-state index is -0.453. The van der Waals surface area contributed by atoms with E-state index >= 15 is 0 Å². The van der Waals surface area contributed by atoms with Crippen LogP contribution in [0.4, 0.5) is 11.5 Å². The quantitative estimate of drug-likeness (QED) is 0.585. The van der Waals surface area contributed by atoms with Crippen molar-refractivity contribution in [3.8, 4) is 0 Å². The van der Waals surface area contributed by atoms with E-state index in [0.29, 0.717) is 17.9 Å². The van der Waals surface area contributed by atoms with E-state index < -0.39 is 11.0 Å². The lowest BCUT2D eigenvalue weighted by atomic mass is 9.96. The van der Waals surface area contributed by atoms with Crippen LogP contribution >= 0.6 is 0 Å². The lowest BCUT2D eigenvalue weighted by Gasteiger charge is -2.20. The molecule has 6 nitrogen and oxygen atoms in total. The lowest BCUT2D eigenvalue weighted by molar-refractivity contribution is -0.385. The molecule has 0 bridgehead atoms. The molecule has 0 amide bonds. The molecule has 0 aromatic carbocycles. The van der Waals surface area contributed by atoms with Gasteiger partial charge in [-0.15, -0.1) is 0 Å². The van der Waals surface area contributed by atoms with Crippen molar-refractivity contribution in [2.24, 2.45) is 5.92 Å². The predicted octanol–water partition coefficient (Wildman–Crippen LogP) is 2.51. The van der Waals surface area contributed by atoms with Gasteiger partial charge >= 0.3 is 0 Å². The maximum atomic E-state index is 10.7. The lowest BCUT2D eigenvalue weighted by Crippen LogP contribution is -2.27. The average Bonchev–Trinajstić information content (AvgIpc) is 2.37. The van der Waals surface area contributed by atoms with Crippen LogP contribution < -0.4 is 5.32 Å². The molecule has 0 aliphatic carbocycles. The average molecular weight is 267 g/mol. The highest BCUT2D eigenvalue weighted by Crippen LogP contribution is 2.19. The normalized spacial score (nSPS) is 12.5. The minimum absolute atomic E-state index is 0.00564. The number of nitro groups is 1. The van der Waals surface area contributed by atoms with Gasteiger partial charge in [-0.25, -0.2) is 4.98 Å². The van der Waals surface area contributed by atoms with E-state index in [1.54, 1.807) is 13.0 Å². The first-order chi connectivity index (χ1) is 8.99. The van der Waals surface area contributed by atoms with Crippen LogP contribution in [0.2, 0.25) is 0 Å². The van der Waals surface area contributed by atoms with Gasteiger partial charge in [0.1, 0.15) is 12.0 Å². The van der Waals surface area contributed by atoms with Crippen molar-refractivity contribution < 1.29 is 10.0 Å². The number of anilines is 1. The number of aromatic nitrogens is 1. The van der Waals surface area contributed by atoms with Crippen molar-refractivity contribution in [1.82, 2.24) is 4.98 Å². The van der Waals surface area contributed by atoms with Gasteiger partial charge < -0.3 is 10.4 Å². The summed E-state index contributed by atoms with van der Waals surface area (Å²) in [4.78, 5) is 14.2. The summed E-state index contributed by atoms with van der Waals surface area (Å²) in [6, 6.07) is 1.62. The summed E-state index contributed by atoms with van der Waals surface area (Å²) >= 11 is 0. The van der Waals surface area contributed by atoms with Crippen molar-refractivity contribution in [3.05, 3.63) is 27.9 Å². The number of nitrogens with zero attached hydrogens (tertiary/aromatic N) is 2. The van der Waals surface area contributed by atoms with E-state index in [1.165, 1.54) is 6.20 Å². The number of nitrogens with one attached hydrogen (secondary N) is 1. The fraction of sp³-hybridized carbons (Fsp3) is 0.615. The van der Waals surface area contributed by atoms with Gasteiger partial charge in [-0.05, 0) is 18.9 Å². The van der Waals surface area contributed by atoms with E-state index in [9.17, 15) is 15.2 Å². The molecule has 1 rings (SSSR count). The molecule has 1 aromatic rings. The molecule has 1 unspecified atom stereocenters. The second kappa shape index (κ2) is 7.04. The number of aliphatic hydroxyl groups excluding tert-OH is 1. The molecule has 1 atom stereocenters. The van der Waals surface area contributed by atoms with Crippen molar-refractivity contribution in [1.29, 1.82) is 0 Å². The van der Waals surface area contributed by atoms with E-state index in [1.807, 2.05) is 13.8 Å². The molecule has 1 aromatic heterocycles. The Labute approximate surface area is 113 Å². The molecule has 2 N–H and O–H groups in total. The number of pyridine rings is 1. The number of rotatable bonds is 7. The first-order valence-electron chi connectivity index (χ1n) is 6.52. The first-order valence-corrected chi connectivity index (χ1v) is 6.52. The largest absolute Gasteiger partial charge is 0.391 e. The van der Waals surface area contributed by atoms with Crippen LogP contribution in [0.5, 0.6) is 0 Å². The van der Waals surface area contributed by atoms with Gasteiger partial charge in [0.15, 0.2) is 0 Å². The number of aryl methyl sites for hydroxylation is 1. The Kier molecular flexibility index (Phi) is 5.69.